The molecule has 3 rings (SSSR count). The van der Waals surface area contributed by atoms with Crippen molar-refractivity contribution in [2.45, 2.75) is 25.8 Å². The minimum absolute atomic E-state index is 0.214. The standard InChI is InChI=1S/C15H15BrFNS/c1-9-7-11(16)12(17)8-13(9)18-15(10-4-5-10)14-3-2-6-19-14/h2-3,6-8,10,15,18H,4-5H2,1H3. The van der Waals surface area contributed by atoms with Crippen LogP contribution in [0, 0.1) is 18.7 Å². The summed E-state index contributed by atoms with van der Waals surface area (Å²) in [4.78, 5) is 1.34. The summed E-state index contributed by atoms with van der Waals surface area (Å²) in [6.07, 6.45) is 2.52. The van der Waals surface area contributed by atoms with Gasteiger partial charge in [0, 0.05) is 10.6 Å². The van der Waals surface area contributed by atoms with E-state index in [0.29, 0.717) is 16.4 Å². The van der Waals surface area contributed by atoms with Crippen LogP contribution in [0.15, 0.2) is 34.1 Å². The van der Waals surface area contributed by atoms with E-state index in [2.05, 4.69) is 38.8 Å². The molecule has 0 saturated heterocycles. The molecule has 2 aromatic rings. The zero-order chi connectivity index (χ0) is 13.4. The molecule has 0 aliphatic heterocycles. The molecule has 0 amide bonds. The molecule has 1 aromatic carbocycles. The van der Waals surface area contributed by atoms with Crippen molar-refractivity contribution in [1.29, 1.82) is 0 Å². The molecule has 100 valence electrons. The van der Waals surface area contributed by atoms with Crippen molar-refractivity contribution in [2.24, 2.45) is 5.92 Å². The van der Waals surface area contributed by atoms with E-state index < -0.39 is 0 Å². The van der Waals surface area contributed by atoms with Crippen molar-refractivity contribution >= 4 is 33.0 Å². The largest absolute Gasteiger partial charge is 0.377 e. The monoisotopic (exact) mass is 339 g/mol. The van der Waals surface area contributed by atoms with Gasteiger partial charge in [-0.3, -0.25) is 0 Å². The smallest absolute Gasteiger partial charge is 0.139 e. The first-order valence-corrected chi connectivity index (χ1v) is 8.08. The van der Waals surface area contributed by atoms with Crippen molar-refractivity contribution in [3.8, 4) is 0 Å². The quantitative estimate of drug-likeness (QED) is 0.773. The van der Waals surface area contributed by atoms with Crippen molar-refractivity contribution in [3.05, 3.63) is 50.4 Å². The van der Waals surface area contributed by atoms with Gasteiger partial charge in [-0.2, -0.15) is 0 Å². The number of anilines is 1. The Bertz CT molecular complexity index is 578. The number of thiophene rings is 1. The van der Waals surface area contributed by atoms with Gasteiger partial charge in [0.2, 0.25) is 0 Å². The molecule has 0 radical (unpaired) electrons. The topological polar surface area (TPSA) is 12.0 Å². The molecule has 1 aliphatic carbocycles. The maximum absolute atomic E-state index is 13.7. The Kier molecular flexibility index (Phi) is 3.63. The molecule has 1 heterocycles. The maximum atomic E-state index is 13.7. The van der Waals surface area contributed by atoms with Gasteiger partial charge in [0.05, 0.1) is 10.5 Å². The molecule has 1 atom stereocenters. The SMILES string of the molecule is Cc1cc(Br)c(F)cc1NC(c1cccs1)C1CC1. The lowest BCUT2D eigenvalue weighted by atomic mass is 10.1. The molecule has 1 fully saturated rings. The zero-order valence-electron chi connectivity index (χ0n) is 10.6. The maximum Gasteiger partial charge on any atom is 0.139 e. The van der Waals surface area contributed by atoms with Crippen LogP contribution < -0.4 is 5.32 Å². The van der Waals surface area contributed by atoms with E-state index in [1.54, 1.807) is 17.4 Å². The van der Waals surface area contributed by atoms with Gasteiger partial charge in [0.1, 0.15) is 5.82 Å². The number of halogens is 2. The van der Waals surface area contributed by atoms with Gasteiger partial charge in [-0.15, -0.1) is 11.3 Å². The third-order valence-electron chi connectivity index (χ3n) is 3.52. The van der Waals surface area contributed by atoms with Crippen molar-refractivity contribution < 1.29 is 4.39 Å². The Hall–Kier alpha value is -0.870. The number of hydrogen-bond donors (Lipinski definition) is 1. The summed E-state index contributed by atoms with van der Waals surface area (Å²) >= 11 is 4.99. The highest BCUT2D eigenvalue weighted by atomic mass is 79.9. The second-order valence-corrected chi connectivity index (χ2v) is 6.89. The molecule has 19 heavy (non-hydrogen) atoms. The highest BCUT2D eigenvalue weighted by Gasteiger charge is 2.33. The van der Waals surface area contributed by atoms with Crippen molar-refractivity contribution in [2.75, 3.05) is 5.32 Å². The van der Waals surface area contributed by atoms with Crippen LogP contribution in [0.5, 0.6) is 0 Å². The summed E-state index contributed by atoms with van der Waals surface area (Å²) in [5.41, 5.74) is 1.96. The predicted octanol–water partition coefficient (Wildman–Crippen LogP) is 5.52. The third kappa shape index (κ3) is 2.84. The van der Waals surface area contributed by atoms with Gasteiger partial charge in [0.25, 0.3) is 0 Å². The lowest BCUT2D eigenvalue weighted by molar-refractivity contribution is 0.619. The lowest BCUT2D eigenvalue weighted by Crippen LogP contribution is -2.12. The molecule has 1 N–H and O–H groups in total. The normalized spacial score (nSPS) is 16.4. The molecular weight excluding hydrogens is 325 g/mol. The third-order valence-corrected chi connectivity index (χ3v) is 5.08. The Morgan fingerprint density at radius 2 is 2.21 bits per heavy atom. The van der Waals surface area contributed by atoms with Gasteiger partial charge >= 0.3 is 0 Å². The van der Waals surface area contributed by atoms with Crippen LogP contribution in [-0.2, 0) is 0 Å². The Morgan fingerprint density at radius 3 is 2.84 bits per heavy atom. The van der Waals surface area contributed by atoms with Gasteiger partial charge in [-0.05, 0) is 70.8 Å². The number of hydrogen-bond acceptors (Lipinski definition) is 2. The summed E-state index contributed by atoms with van der Waals surface area (Å²) in [5.74, 6) is 0.471. The van der Waals surface area contributed by atoms with Crippen molar-refractivity contribution in [3.63, 3.8) is 0 Å². The Morgan fingerprint density at radius 1 is 1.42 bits per heavy atom. The summed E-state index contributed by atoms with van der Waals surface area (Å²) in [6.45, 7) is 2.00. The average molecular weight is 340 g/mol. The number of rotatable bonds is 4. The Labute approximate surface area is 125 Å². The predicted molar refractivity (Wildman–Crippen MR) is 82.2 cm³/mol. The lowest BCUT2D eigenvalue weighted by Gasteiger charge is -2.20. The van der Waals surface area contributed by atoms with Crippen LogP contribution in [0.2, 0.25) is 0 Å². The van der Waals surface area contributed by atoms with E-state index in [1.807, 2.05) is 13.0 Å². The first-order valence-electron chi connectivity index (χ1n) is 6.41. The second-order valence-electron chi connectivity index (χ2n) is 5.06. The summed E-state index contributed by atoms with van der Waals surface area (Å²) in [5, 5.41) is 5.63. The van der Waals surface area contributed by atoms with E-state index in [-0.39, 0.29) is 5.82 Å². The van der Waals surface area contributed by atoms with Crippen LogP contribution in [0.1, 0.15) is 29.3 Å². The zero-order valence-corrected chi connectivity index (χ0v) is 13.0. The molecule has 1 aromatic heterocycles. The van der Waals surface area contributed by atoms with Gasteiger partial charge in [-0.25, -0.2) is 4.39 Å². The number of nitrogens with one attached hydrogen (secondary N) is 1. The van der Waals surface area contributed by atoms with Crippen LogP contribution in [0.25, 0.3) is 0 Å². The van der Waals surface area contributed by atoms with E-state index in [9.17, 15) is 4.39 Å². The first kappa shape index (κ1) is 13.1. The minimum atomic E-state index is -0.214. The van der Waals surface area contributed by atoms with E-state index in [1.165, 1.54) is 17.7 Å². The highest BCUT2D eigenvalue weighted by molar-refractivity contribution is 9.10. The molecule has 1 aliphatic rings. The van der Waals surface area contributed by atoms with E-state index >= 15 is 0 Å². The number of aryl methyl sites for hydroxylation is 1. The molecule has 1 unspecified atom stereocenters. The summed E-state index contributed by atoms with van der Waals surface area (Å²) in [7, 11) is 0. The van der Waals surface area contributed by atoms with Gasteiger partial charge in [0.15, 0.2) is 0 Å². The van der Waals surface area contributed by atoms with E-state index in [0.717, 1.165) is 11.3 Å². The van der Waals surface area contributed by atoms with Crippen molar-refractivity contribution in [1.82, 2.24) is 0 Å². The Balaban J connectivity index is 1.88. The molecule has 0 bridgehead atoms. The molecular formula is C15H15BrFNS. The van der Waals surface area contributed by atoms with E-state index in [4.69, 9.17) is 0 Å². The molecule has 4 heteroatoms. The minimum Gasteiger partial charge on any atom is -0.377 e. The van der Waals surface area contributed by atoms with Crippen LogP contribution in [-0.4, -0.2) is 0 Å². The fourth-order valence-corrected chi connectivity index (χ4v) is 3.62. The summed E-state index contributed by atoms with van der Waals surface area (Å²) in [6, 6.07) is 7.97. The highest BCUT2D eigenvalue weighted by Crippen LogP contribution is 2.44. The van der Waals surface area contributed by atoms with Gasteiger partial charge in [-0.1, -0.05) is 6.07 Å². The first-order chi connectivity index (χ1) is 9.15. The number of benzene rings is 1. The molecule has 1 saturated carbocycles. The van der Waals surface area contributed by atoms with Crippen LogP contribution >= 0.6 is 27.3 Å². The van der Waals surface area contributed by atoms with Crippen LogP contribution in [0.3, 0.4) is 0 Å². The molecule has 1 nitrogen and oxygen atoms in total. The molecule has 0 spiro atoms. The second kappa shape index (κ2) is 5.25. The summed E-state index contributed by atoms with van der Waals surface area (Å²) < 4.78 is 14.2. The average Bonchev–Trinajstić information content (AvgIpc) is 3.07. The fourth-order valence-electron chi connectivity index (χ4n) is 2.29. The fraction of sp³-hybridized carbons (Fsp3) is 0.333. The van der Waals surface area contributed by atoms with Crippen LogP contribution in [0.4, 0.5) is 10.1 Å². The van der Waals surface area contributed by atoms with Gasteiger partial charge < -0.3 is 5.32 Å².